The molecule has 0 aliphatic rings. The fourth-order valence-corrected chi connectivity index (χ4v) is 1.80. The number of aromatic nitrogens is 1. The summed E-state index contributed by atoms with van der Waals surface area (Å²) in [6.07, 6.45) is -1.83. The molecule has 2 rings (SSSR count). The van der Waals surface area contributed by atoms with E-state index in [9.17, 15) is 17.6 Å². The summed E-state index contributed by atoms with van der Waals surface area (Å²) in [5, 5.41) is 0. The van der Waals surface area contributed by atoms with Crippen LogP contribution in [0.15, 0.2) is 36.4 Å². The van der Waals surface area contributed by atoms with Gasteiger partial charge in [0.25, 0.3) is 0 Å². The average molecular weight is 357 g/mol. The van der Waals surface area contributed by atoms with Gasteiger partial charge in [0.2, 0.25) is 0 Å². The van der Waals surface area contributed by atoms with Crippen LogP contribution < -0.4 is 0 Å². The van der Waals surface area contributed by atoms with Crippen molar-refractivity contribution in [2.45, 2.75) is 46.4 Å². The van der Waals surface area contributed by atoms with Crippen LogP contribution in [0.5, 0.6) is 0 Å². The number of ether oxygens (including phenoxy) is 1. The molecular formula is C19H23F4NO. The van der Waals surface area contributed by atoms with Crippen molar-refractivity contribution >= 4 is 0 Å². The molecule has 1 heterocycles. The summed E-state index contributed by atoms with van der Waals surface area (Å²) in [5.74, 6) is -0.458. The molecule has 0 saturated carbocycles. The van der Waals surface area contributed by atoms with Gasteiger partial charge in [0.1, 0.15) is 5.82 Å². The van der Waals surface area contributed by atoms with E-state index < -0.39 is 17.6 Å². The van der Waals surface area contributed by atoms with Gasteiger partial charge in [-0.05, 0) is 43.3 Å². The van der Waals surface area contributed by atoms with Gasteiger partial charge in [-0.1, -0.05) is 26.7 Å². The maximum absolute atomic E-state index is 12.9. The molecule has 0 aliphatic heterocycles. The second-order valence-electron chi connectivity index (χ2n) is 5.37. The van der Waals surface area contributed by atoms with Gasteiger partial charge >= 0.3 is 6.18 Å². The number of alkyl halides is 3. The highest BCUT2D eigenvalue weighted by atomic mass is 19.4. The van der Waals surface area contributed by atoms with Gasteiger partial charge in [0.15, 0.2) is 0 Å². The van der Waals surface area contributed by atoms with Crippen LogP contribution in [-0.2, 0) is 17.5 Å². The quantitative estimate of drug-likeness (QED) is 0.590. The summed E-state index contributed by atoms with van der Waals surface area (Å²) in [6.45, 7) is 6.48. The Morgan fingerprint density at radius 3 is 2.04 bits per heavy atom. The average Bonchev–Trinajstić information content (AvgIpc) is 2.59. The first-order valence-electron chi connectivity index (χ1n) is 8.23. The third-order valence-corrected chi connectivity index (χ3v) is 3.30. The first-order chi connectivity index (χ1) is 11.8. The van der Waals surface area contributed by atoms with Crippen LogP contribution in [0.1, 0.15) is 44.9 Å². The number of benzene rings is 1. The van der Waals surface area contributed by atoms with Crippen LogP contribution in [0, 0.1) is 5.82 Å². The Bertz CT molecular complexity index is 637. The third-order valence-electron chi connectivity index (χ3n) is 3.30. The van der Waals surface area contributed by atoms with Gasteiger partial charge in [-0.2, -0.15) is 13.2 Å². The van der Waals surface area contributed by atoms with Crippen molar-refractivity contribution in [3.05, 3.63) is 53.5 Å². The fourth-order valence-electron chi connectivity index (χ4n) is 1.80. The number of pyridine rings is 1. The molecular weight excluding hydrogens is 334 g/mol. The van der Waals surface area contributed by atoms with Crippen LogP contribution in [0.25, 0.3) is 11.3 Å². The number of nitrogens with zero attached hydrogens (tertiary/aromatic N) is 1. The first kappa shape index (κ1) is 21.1. The van der Waals surface area contributed by atoms with Crippen LogP contribution in [0.2, 0.25) is 0 Å². The van der Waals surface area contributed by atoms with Gasteiger partial charge in [-0.3, -0.25) is 4.98 Å². The zero-order valence-corrected chi connectivity index (χ0v) is 14.7. The lowest BCUT2D eigenvalue weighted by Crippen LogP contribution is -2.08. The molecule has 0 atom stereocenters. The molecule has 0 aliphatic carbocycles. The van der Waals surface area contributed by atoms with Crippen LogP contribution in [-0.4, -0.2) is 11.6 Å². The molecule has 138 valence electrons. The SMILES string of the molecule is CCCC.CCOCc1cc(C(F)(F)F)cc(-c2ccc(F)cc2)n1. The van der Waals surface area contributed by atoms with Gasteiger partial charge < -0.3 is 4.74 Å². The van der Waals surface area contributed by atoms with Crippen LogP contribution >= 0.6 is 0 Å². The summed E-state index contributed by atoms with van der Waals surface area (Å²) in [5.41, 5.74) is -0.0581. The van der Waals surface area contributed by atoms with Crippen molar-refractivity contribution in [2.75, 3.05) is 6.61 Å². The highest BCUT2D eigenvalue weighted by Gasteiger charge is 2.31. The van der Waals surface area contributed by atoms with Gasteiger partial charge in [-0.15, -0.1) is 0 Å². The molecule has 6 heteroatoms. The lowest BCUT2D eigenvalue weighted by molar-refractivity contribution is -0.137. The summed E-state index contributed by atoms with van der Waals surface area (Å²) < 4.78 is 56.8. The van der Waals surface area contributed by atoms with E-state index in [1.54, 1.807) is 6.92 Å². The maximum atomic E-state index is 12.9. The number of hydrogen-bond acceptors (Lipinski definition) is 2. The Balaban J connectivity index is 0.000000705. The minimum absolute atomic E-state index is 0.00534. The predicted molar refractivity (Wildman–Crippen MR) is 90.5 cm³/mol. The minimum Gasteiger partial charge on any atom is -0.375 e. The second-order valence-corrected chi connectivity index (χ2v) is 5.37. The van der Waals surface area contributed by atoms with Crippen LogP contribution in [0.3, 0.4) is 0 Å². The van der Waals surface area contributed by atoms with Crippen molar-refractivity contribution in [3.63, 3.8) is 0 Å². The maximum Gasteiger partial charge on any atom is 0.416 e. The van der Waals surface area contributed by atoms with Crippen molar-refractivity contribution < 1.29 is 22.3 Å². The predicted octanol–water partition coefficient (Wildman–Crippen LogP) is 6.25. The Labute approximate surface area is 145 Å². The van der Waals surface area contributed by atoms with Crippen LogP contribution in [0.4, 0.5) is 17.6 Å². The standard InChI is InChI=1S/C15H13F4NO.C4H10/c1-2-21-9-13-7-11(15(17,18)19)8-14(20-13)10-3-5-12(16)6-4-10;1-3-4-2/h3-8H,2,9H2,1H3;3-4H2,1-2H3. The van der Waals surface area contributed by atoms with Crippen molar-refractivity contribution in [2.24, 2.45) is 0 Å². The third kappa shape index (κ3) is 7.22. The number of halogens is 4. The molecule has 2 aromatic rings. The highest BCUT2D eigenvalue weighted by molar-refractivity contribution is 5.60. The van der Waals surface area contributed by atoms with E-state index in [0.29, 0.717) is 12.2 Å². The summed E-state index contributed by atoms with van der Waals surface area (Å²) in [7, 11) is 0. The molecule has 0 bridgehead atoms. The smallest absolute Gasteiger partial charge is 0.375 e. The molecule has 0 spiro atoms. The van der Waals surface area contributed by atoms with Gasteiger partial charge in [0.05, 0.1) is 23.6 Å². The van der Waals surface area contributed by atoms with Gasteiger partial charge in [0, 0.05) is 12.2 Å². The second kappa shape index (κ2) is 10.1. The Kier molecular flexibility index (Phi) is 8.55. The zero-order chi connectivity index (χ0) is 18.9. The summed E-state index contributed by atoms with van der Waals surface area (Å²) in [6, 6.07) is 7.05. The van der Waals surface area contributed by atoms with E-state index >= 15 is 0 Å². The molecule has 0 amide bonds. The number of unbranched alkanes of at least 4 members (excludes halogenated alkanes) is 1. The van der Waals surface area contributed by atoms with Crippen molar-refractivity contribution in [3.8, 4) is 11.3 Å². The minimum atomic E-state index is -4.47. The largest absolute Gasteiger partial charge is 0.416 e. The number of rotatable bonds is 5. The molecule has 0 radical (unpaired) electrons. The van der Waals surface area contributed by atoms with E-state index in [1.807, 2.05) is 0 Å². The summed E-state index contributed by atoms with van der Waals surface area (Å²) >= 11 is 0. The first-order valence-corrected chi connectivity index (χ1v) is 8.23. The monoisotopic (exact) mass is 357 g/mol. The Hall–Kier alpha value is -1.95. The van der Waals surface area contributed by atoms with E-state index in [2.05, 4.69) is 18.8 Å². The highest BCUT2D eigenvalue weighted by Crippen LogP contribution is 2.32. The topological polar surface area (TPSA) is 22.1 Å². The Morgan fingerprint density at radius 2 is 1.56 bits per heavy atom. The molecule has 0 saturated heterocycles. The van der Waals surface area contributed by atoms with E-state index in [1.165, 1.54) is 37.1 Å². The van der Waals surface area contributed by atoms with Gasteiger partial charge in [-0.25, -0.2) is 4.39 Å². The van der Waals surface area contributed by atoms with E-state index in [0.717, 1.165) is 12.1 Å². The fraction of sp³-hybridized carbons (Fsp3) is 0.421. The molecule has 1 aromatic carbocycles. The van der Waals surface area contributed by atoms with Crippen molar-refractivity contribution in [1.82, 2.24) is 4.98 Å². The normalized spacial score (nSPS) is 11.0. The molecule has 25 heavy (non-hydrogen) atoms. The number of hydrogen-bond donors (Lipinski definition) is 0. The zero-order valence-electron chi connectivity index (χ0n) is 14.7. The Morgan fingerprint density at radius 1 is 0.960 bits per heavy atom. The summed E-state index contributed by atoms with van der Waals surface area (Å²) in [4.78, 5) is 4.14. The molecule has 0 unspecified atom stereocenters. The van der Waals surface area contributed by atoms with Crippen molar-refractivity contribution in [1.29, 1.82) is 0 Å². The molecule has 0 fully saturated rings. The lowest BCUT2D eigenvalue weighted by Gasteiger charge is -2.12. The van der Waals surface area contributed by atoms with E-state index in [4.69, 9.17) is 4.74 Å². The molecule has 1 aromatic heterocycles. The lowest BCUT2D eigenvalue weighted by atomic mass is 10.1. The molecule has 2 nitrogen and oxygen atoms in total. The van der Waals surface area contributed by atoms with E-state index in [-0.39, 0.29) is 18.0 Å². The molecule has 0 N–H and O–H groups in total.